The van der Waals surface area contributed by atoms with Crippen molar-refractivity contribution in [3.63, 3.8) is 0 Å². The molecule has 0 heteroatoms. The van der Waals surface area contributed by atoms with E-state index in [9.17, 15) is 0 Å². The molecule has 0 heterocycles. The lowest BCUT2D eigenvalue weighted by molar-refractivity contribution is 0.660. The van der Waals surface area contributed by atoms with Gasteiger partial charge in [0.05, 0.1) is 0 Å². The van der Waals surface area contributed by atoms with Crippen molar-refractivity contribution in [1.29, 1.82) is 0 Å². The molecule has 0 spiro atoms. The van der Waals surface area contributed by atoms with Crippen molar-refractivity contribution < 1.29 is 0 Å². The van der Waals surface area contributed by atoms with Gasteiger partial charge in [0, 0.05) is 16.2 Å². The summed E-state index contributed by atoms with van der Waals surface area (Å²) < 4.78 is 0. The summed E-state index contributed by atoms with van der Waals surface area (Å²) in [7, 11) is 0. The molecule has 0 aromatic heterocycles. The normalized spacial score (nSPS) is 13.4. The highest BCUT2D eigenvalue weighted by atomic mass is 14.4. The van der Waals surface area contributed by atoms with Crippen LogP contribution in [-0.4, -0.2) is 0 Å². The zero-order valence-electron chi connectivity index (χ0n) is 75.4. The summed E-state index contributed by atoms with van der Waals surface area (Å²) in [6.07, 6.45) is 0. The number of fused-ring (bicyclic) bond motifs is 21. The molecule has 3 aliphatic rings. The van der Waals surface area contributed by atoms with E-state index in [0.717, 1.165) is 0 Å². The smallest absolute Gasteiger partial charge is 0.0159 e. The Kier molecular flexibility index (Phi) is 18.5. The fraction of sp³-hybridized carbons (Fsp3) is 0.0677. The molecular weight excluding hydrogens is 1600 g/mol. The first kappa shape index (κ1) is 79.1. The van der Waals surface area contributed by atoms with Crippen molar-refractivity contribution in [2.24, 2.45) is 0 Å². The van der Waals surface area contributed by atoms with Crippen LogP contribution >= 0.6 is 0 Å². The molecule has 0 saturated carbocycles. The van der Waals surface area contributed by atoms with Gasteiger partial charge < -0.3 is 0 Å². The monoisotopic (exact) mass is 1690 g/mol. The molecule has 0 bridgehead atoms. The molecule has 0 N–H and O–H groups in total. The summed E-state index contributed by atoms with van der Waals surface area (Å²) in [5.41, 5.74) is 36.7. The number of hydrogen-bond donors (Lipinski definition) is 0. The lowest BCUT2D eigenvalue weighted by Gasteiger charge is -2.23. The second-order valence-electron chi connectivity index (χ2n) is 38.6. The van der Waals surface area contributed by atoms with Gasteiger partial charge in [-0.1, -0.05) is 406 Å². The third kappa shape index (κ3) is 13.4. The van der Waals surface area contributed by atoms with Gasteiger partial charge in [-0.05, 0) is 361 Å². The number of hydrogen-bond acceptors (Lipinski definition) is 0. The van der Waals surface area contributed by atoms with E-state index in [1.165, 1.54) is 264 Å². The van der Waals surface area contributed by atoms with Gasteiger partial charge in [0.2, 0.25) is 0 Å². The first-order valence-electron chi connectivity index (χ1n) is 46.9. The van der Waals surface area contributed by atoms with E-state index in [-0.39, 0.29) is 16.2 Å². The van der Waals surface area contributed by atoms with Crippen LogP contribution in [0.3, 0.4) is 0 Å². The minimum Gasteiger partial charge on any atom is -0.0619 e. The van der Waals surface area contributed by atoms with Crippen LogP contribution < -0.4 is 0 Å². The average Bonchev–Trinajstić information content (AvgIpc) is 1.56. The van der Waals surface area contributed by atoms with E-state index in [0.29, 0.717) is 0 Å². The quantitative estimate of drug-likeness (QED) is 0.142. The molecule has 0 radical (unpaired) electrons. The fourth-order valence-corrected chi connectivity index (χ4v) is 22.6. The van der Waals surface area contributed by atoms with E-state index in [1.807, 2.05) is 0 Å². The molecule has 626 valence electrons. The van der Waals surface area contributed by atoms with E-state index in [1.54, 1.807) is 0 Å². The Bertz CT molecular complexity index is 8990. The van der Waals surface area contributed by atoms with Crippen LogP contribution in [-0.2, 0) is 16.2 Å². The maximum Gasteiger partial charge on any atom is 0.0159 e. The van der Waals surface area contributed by atoms with Crippen LogP contribution in [0.25, 0.3) is 230 Å². The van der Waals surface area contributed by atoms with Crippen molar-refractivity contribution in [2.75, 3.05) is 0 Å². The molecule has 24 aromatic rings. The molecule has 0 fully saturated rings. The summed E-state index contributed by atoms with van der Waals surface area (Å²) >= 11 is 0. The van der Waals surface area contributed by atoms with Crippen LogP contribution in [0.4, 0.5) is 0 Å². The highest BCUT2D eigenvalue weighted by Crippen LogP contribution is 2.57. The molecule has 133 heavy (non-hydrogen) atoms. The highest BCUT2D eigenvalue weighted by Gasteiger charge is 2.40. The Hall–Kier alpha value is -16.1. The third-order valence-corrected chi connectivity index (χ3v) is 29.8. The van der Waals surface area contributed by atoms with Gasteiger partial charge in [-0.25, -0.2) is 0 Å². The third-order valence-electron chi connectivity index (χ3n) is 29.8. The molecule has 0 nitrogen and oxygen atoms in total. The van der Waals surface area contributed by atoms with Gasteiger partial charge in [0.15, 0.2) is 0 Å². The molecule has 0 aliphatic heterocycles. The number of benzene rings is 24. The molecule has 3 aliphatic carbocycles. The van der Waals surface area contributed by atoms with E-state index in [2.05, 4.69) is 503 Å². The maximum atomic E-state index is 2.49. The lowest BCUT2D eigenvalue weighted by Crippen LogP contribution is -2.15. The van der Waals surface area contributed by atoms with E-state index < -0.39 is 0 Å². The first-order valence-corrected chi connectivity index (χ1v) is 46.9. The van der Waals surface area contributed by atoms with Gasteiger partial charge >= 0.3 is 0 Å². The highest BCUT2D eigenvalue weighted by molar-refractivity contribution is 6.14. The summed E-state index contributed by atoms with van der Waals surface area (Å²) in [5.74, 6) is 0. The van der Waals surface area contributed by atoms with Crippen molar-refractivity contribution in [2.45, 2.75) is 57.8 Å². The summed E-state index contributed by atoms with van der Waals surface area (Å²) in [6.45, 7) is 14.2. The van der Waals surface area contributed by atoms with Crippen molar-refractivity contribution in [1.82, 2.24) is 0 Å². The van der Waals surface area contributed by atoms with E-state index >= 15 is 0 Å². The van der Waals surface area contributed by atoms with Gasteiger partial charge in [0.1, 0.15) is 0 Å². The molecule has 0 atom stereocenters. The fourth-order valence-electron chi connectivity index (χ4n) is 22.6. The topological polar surface area (TPSA) is 0 Å². The zero-order chi connectivity index (χ0) is 89.0. The van der Waals surface area contributed by atoms with Gasteiger partial charge in [-0.15, -0.1) is 0 Å². The Labute approximate surface area is 776 Å². The summed E-state index contributed by atoms with van der Waals surface area (Å²) in [5, 5.41) is 25.6. The van der Waals surface area contributed by atoms with Gasteiger partial charge in [0.25, 0.3) is 0 Å². The SMILES string of the molecule is CC1(C)c2cc(-c3ccc4ccccc4c3)ccc2-c2c1cc(-c1ccc3cc(-c4ccc5ccccc5c4)ccc3c1)c1ccccc21.CC1(C)c2ccccc2-c2c1cc(-c1cc(-c3ccc4cc(-c5ccc6ccccc6c5)ccc4c3)c3ccccc3c1)c1ccccc21.CC1(C)c2ccccc2-c2ccc(-c3ccc4cc(-c5ccc6ccccc6c5)ccc4c3)cc21. The number of rotatable bonds is 8. The average molecular weight is 1690 g/mol. The molecule has 0 saturated heterocycles. The predicted molar refractivity (Wildman–Crippen MR) is 571 cm³/mol. The molecule has 24 aromatic carbocycles. The molecular formula is C133H94. The molecule has 27 rings (SSSR count). The minimum atomic E-state index is -0.137. The van der Waals surface area contributed by atoms with E-state index in [4.69, 9.17) is 0 Å². The Morgan fingerprint density at radius 2 is 0.331 bits per heavy atom. The minimum absolute atomic E-state index is 0.0214. The summed E-state index contributed by atoms with van der Waals surface area (Å²) in [4.78, 5) is 0. The molecule has 0 unspecified atom stereocenters. The predicted octanol–water partition coefficient (Wildman–Crippen LogP) is 36.8. The van der Waals surface area contributed by atoms with Crippen LogP contribution in [0.1, 0.15) is 74.9 Å². The standard InChI is InChI=1S/2C49H34.C35H26/c1-49(2)46-29-40(38-18-16-32-10-4-6-12-34(32)26-38)23-24-44(46)48-43-14-8-7-13-42(43)45(30-47(48)49)41-22-21-37-27-36(19-20-39(37)28-41)35-17-15-31-9-3-5-11-33(31)25-35;1-49(2)46-18-10-9-17-43(46)48-42-16-8-7-15-41(42)45(30-47(48)49)39-28-37-13-5-6-14-40(37)44(29-39)38-24-23-35-26-34(21-22-36(35)27-38)33-20-19-31-11-3-4-12-32(31)25-33;1-35(2)33-10-6-5-9-31(33)32-18-17-30(22-34(32)35)29-16-15-27-20-26(13-14-28(27)21-29)25-12-11-23-7-3-4-8-24(23)19-25/h2*3-30H,1-2H3;3-22H,1-2H3. The maximum absolute atomic E-state index is 2.49. The van der Waals surface area contributed by atoms with Crippen LogP contribution in [0.5, 0.6) is 0 Å². The van der Waals surface area contributed by atoms with Crippen LogP contribution in [0.15, 0.2) is 461 Å². The van der Waals surface area contributed by atoms with Crippen molar-refractivity contribution >= 4 is 108 Å². The zero-order valence-corrected chi connectivity index (χ0v) is 75.4. The van der Waals surface area contributed by atoms with Gasteiger partial charge in [-0.2, -0.15) is 0 Å². The first-order chi connectivity index (χ1) is 65.1. The van der Waals surface area contributed by atoms with Crippen molar-refractivity contribution in [3.05, 3.63) is 494 Å². The largest absolute Gasteiger partial charge is 0.0619 e. The van der Waals surface area contributed by atoms with Crippen LogP contribution in [0.2, 0.25) is 0 Å². The second-order valence-corrected chi connectivity index (χ2v) is 38.6. The van der Waals surface area contributed by atoms with Crippen molar-refractivity contribution in [3.8, 4) is 122 Å². The van der Waals surface area contributed by atoms with Crippen LogP contribution in [0, 0.1) is 0 Å². The Morgan fingerprint density at radius 1 is 0.113 bits per heavy atom. The Morgan fingerprint density at radius 3 is 0.729 bits per heavy atom. The van der Waals surface area contributed by atoms with Gasteiger partial charge in [-0.3, -0.25) is 0 Å². The second kappa shape index (κ2) is 31.1. The summed E-state index contributed by atoms with van der Waals surface area (Å²) in [6, 6.07) is 171. The Balaban J connectivity index is 0.000000109. The molecule has 0 amide bonds. The lowest BCUT2D eigenvalue weighted by atomic mass is 9.80.